The van der Waals surface area contributed by atoms with Gasteiger partial charge in [0.15, 0.2) is 0 Å². The maximum Gasteiger partial charge on any atom is 0.142 e. The van der Waals surface area contributed by atoms with E-state index in [2.05, 4.69) is 21.8 Å². The molecule has 0 unspecified atom stereocenters. The predicted molar refractivity (Wildman–Crippen MR) is 70.4 cm³/mol. The van der Waals surface area contributed by atoms with Crippen LogP contribution in [0.15, 0.2) is 29.0 Å². The van der Waals surface area contributed by atoms with Crippen molar-refractivity contribution in [2.24, 2.45) is 5.73 Å². The molecule has 0 bridgehead atoms. The van der Waals surface area contributed by atoms with Gasteiger partial charge in [0, 0.05) is 18.7 Å². The zero-order valence-corrected chi connectivity index (χ0v) is 10.7. The van der Waals surface area contributed by atoms with E-state index < -0.39 is 0 Å². The van der Waals surface area contributed by atoms with Crippen LogP contribution in [0.4, 0.5) is 0 Å². The Hall–Kier alpha value is -1.39. The number of nitrogens with two attached hydrogens (primary N) is 1. The second-order valence-corrected chi connectivity index (χ2v) is 4.61. The molecule has 90 valence electrons. The quantitative estimate of drug-likeness (QED) is 0.884. The van der Waals surface area contributed by atoms with Crippen molar-refractivity contribution < 1.29 is 4.74 Å². The first-order valence-corrected chi connectivity index (χ1v) is 6.54. The van der Waals surface area contributed by atoms with Crippen molar-refractivity contribution in [2.75, 3.05) is 6.61 Å². The Balaban J connectivity index is 1.94. The number of hydrogen-bond acceptors (Lipinski definition) is 4. The van der Waals surface area contributed by atoms with Gasteiger partial charge < -0.3 is 10.5 Å². The first kappa shape index (κ1) is 12.1. The lowest BCUT2D eigenvalue weighted by Gasteiger charge is -2.09. The van der Waals surface area contributed by atoms with Crippen LogP contribution >= 0.6 is 11.3 Å². The molecule has 0 spiro atoms. The van der Waals surface area contributed by atoms with Gasteiger partial charge in [0.05, 0.1) is 12.3 Å². The van der Waals surface area contributed by atoms with Crippen LogP contribution in [-0.4, -0.2) is 11.6 Å². The van der Waals surface area contributed by atoms with E-state index in [-0.39, 0.29) is 0 Å². The Labute approximate surface area is 105 Å². The molecule has 17 heavy (non-hydrogen) atoms. The summed E-state index contributed by atoms with van der Waals surface area (Å²) in [5, 5.41) is 4.22. The summed E-state index contributed by atoms with van der Waals surface area (Å²) >= 11 is 1.71. The third-order valence-corrected chi connectivity index (χ3v) is 3.23. The van der Waals surface area contributed by atoms with E-state index >= 15 is 0 Å². The van der Waals surface area contributed by atoms with Gasteiger partial charge >= 0.3 is 0 Å². The Bertz CT molecular complexity index is 468. The standard InChI is InChI=1S/C13H16N2OS/c1-10-2-3-13(12(8-14)15-10)16-6-4-11-5-7-17-9-11/h2-3,5,7,9H,4,6,8,14H2,1H3. The summed E-state index contributed by atoms with van der Waals surface area (Å²) in [5.41, 5.74) is 8.75. The molecule has 3 nitrogen and oxygen atoms in total. The van der Waals surface area contributed by atoms with E-state index in [0.29, 0.717) is 13.2 Å². The summed E-state index contributed by atoms with van der Waals surface area (Å²) in [6.07, 6.45) is 0.918. The Morgan fingerprint density at radius 1 is 1.35 bits per heavy atom. The molecule has 0 saturated heterocycles. The molecular weight excluding hydrogens is 232 g/mol. The van der Waals surface area contributed by atoms with Crippen LogP contribution in [0.25, 0.3) is 0 Å². The molecule has 2 aromatic heterocycles. The lowest BCUT2D eigenvalue weighted by molar-refractivity contribution is 0.317. The lowest BCUT2D eigenvalue weighted by atomic mass is 10.2. The molecule has 0 aliphatic heterocycles. The van der Waals surface area contributed by atoms with Gasteiger partial charge in [-0.25, -0.2) is 0 Å². The largest absolute Gasteiger partial charge is 0.491 e. The Morgan fingerprint density at radius 2 is 2.24 bits per heavy atom. The van der Waals surface area contributed by atoms with Crippen LogP contribution in [0.5, 0.6) is 5.75 Å². The number of hydrogen-bond donors (Lipinski definition) is 1. The van der Waals surface area contributed by atoms with Crippen molar-refractivity contribution in [3.05, 3.63) is 45.9 Å². The fourth-order valence-electron chi connectivity index (χ4n) is 1.59. The second-order valence-electron chi connectivity index (χ2n) is 3.83. The van der Waals surface area contributed by atoms with Crippen LogP contribution in [0.3, 0.4) is 0 Å². The van der Waals surface area contributed by atoms with Gasteiger partial charge in [0.2, 0.25) is 0 Å². The van der Waals surface area contributed by atoms with Crippen LogP contribution in [-0.2, 0) is 13.0 Å². The van der Waals surface area contributed by atoms with Gasteiger partial charge in [0.1, 0.15) is 5.75 Å². The maximum atomic E-state index is 5.72. The summed E-state index contributed by atoms with van der Waals surface area (Å²) in [5.74, 6) is 0.799. The van der Waals surface area contributed by atoms with Gasteiger partial charge in [-0.05, 0) is 41.4 Å². The zero-order valence-electron chi connectivity index (χ0n) is 9.85. The van der Waals surface area contributed by atoms with Gasteiger partial charge in [-0.3, -0.25) is 4.98 Å². The first-order valence-electron chi connectivity index (χ1n) is 5.60. The summed E-state index contributed by atoms with van der Waals surface area (Å²) in [7, 11) is 0. The van der Waals surface area contributed by atoms with E-state index in [1.54, 1.807) is 11.3 Å². The smallest absolute Gasteiger partial charge is 0.142 e. The van der Waals surface area contributed by atoms with Crippen molar-refractivity contribution in [2.45, 2.75) is 19.9 Å². The van der Waals surface area contributed by atoms with Gasteiger partial charge in [-0.1, -0.05) is 0 Å². The minimum absolute atomic E-state index is 0.412. The highest BCUT2D eigenvalue weighted by Gasteiger charge is 2.04. The van der Waals surface area contributed by atoms with Crippen molar-refractivity contribution >= 4 is 11.3 Å². The van der Waals surface area contributed by atoms with E-state index in [9.17, 15) is 0 Å². The van der Waals surface area contributed by atoms with Gasteiger partial charge in [0.25, 0.3) is 0 Å². The molecule has 0 radical (unpaired) electrons. The number of nitrogens with zero attached hydrogens (tertiary/aromatic N) is 1. The summed E-state index contributed by atoms with van der Waals surface area (Å²) < 4.78 is 5.72. The molecule has 2 heterocycles. The normalized spacial score (nSPS) is 10.5. The fraction of sp³-hybridized carbons (Fsp3) is 0.308. The number of thiophene rings is 1. The number of aromatic nitrogens is 1. The SMILES string of the molecule is Cc1ccc(OCCc2ccsc2)c(CN)n1. The summed E-state index contributed by atoms with van der Waals surface area (Å²) in [6, 6.07) is 6.00. The van der Waals surface area contributed by atoms with Crippen molar-refractivity contribution in [1.29, 1.82) is 0 Å². The molecule has 0 aromatic carbocycles. The Kier molecular flexibility index (Phi) is 4.12. The number of ether oxygens (including phenoxy) is 1. The first-order chi connectivity index (χ1) is 8.29. The van der Waals surface area contributed by atoms with Gasteiger partial charge in [-0.2, -0.15) is 11.3 Å². The summed E-state index contributed by atoms with van der Waals surface area (Å²) in [6.45, 7) is 3.03. The number of aryl methyl sites for hydroxylation is 1. The third-order valence-electron chi connectivity index (χ3n) is 2.49. The second kappa shape index (κ2) is 5.80. The highest BCUT2D eigenvalue weighted by atomic mass is 32.1. The molecule has 0 fully saturated rings. The van der Waals surface area contributed by atoms with E-state index in [1.807, 2.05) is 19.1 Å². The topological polar surface area (TPSA) is 48.1 Å². The number of rotatable bonds is 5. The highest BCUT2D eigenvalue weighted by molar-refractivity contribution is 7.07. The van der Waals surface area contributed by atoms with Crippen LogP contribution in [0.1, 0.15) is 17.0 Å². The van der Waals surface area contributed by atoms with Gasteiger partial charge in [-0.15, -0.1) is 0 Å². The van der Waals surface area contributed by atoms with Crippen LogP contribution in [0.2, 0.25) is 0 Å². The molecule has 0 amide bonds. The third kappa shape index (κ3) is 3.28. The van der Waals surface area contributed by atoms with E-state index in [1.165, 1.54) is 5.56 Å². The predicted octanol–water partition coefficient (Wildman–Crippen LogP) is 2.53. The monoisotopic (exact) mass is 248 g/mol. The molecular formula is C13H16N2OS. The molecule has 4 heteroatoms. The van der Waals surface area contributed by atoms with Crippen molar-refractivity contribution in [3.63, 3.8) is 0 Å². The van der Waals surface area contributed by atoms with Crippen LogP contribution < -0.4 is 10.5 Å². The lowest BCUT2D eigenvalue weighted by Crippen LogP contribution is -2.07. The summed E-state index contributed by atoms with van der Waals surface area (Å²) in [4.78, 5) is 4.36. The molecule has 2 aromatic rings. The molecule has 2 rings (SSSR count). The maximum absolute atomic E-state index is 5.72. The number of pyridine rings is 1. The van der Waals surface area contributed by atoms with Crippen LogP contribution in [0, 0.1) is 6.92 Å². The average Bonchev–Trinajstić information content (AvgIpc) is 2.84. The minimum Gasteiger partial charge on any atom is -0.491 e. The highest BCUT2D eigenvalue weighted by Crippen LogP contribution is 2.17. The van der Waals surface area contributed by atoms with Crippen molar-refractivity contribution in [1.82, 2.24) is 4.98 Å². The van der Waals surface area contributed by atoms with Crippen molar-refractivity contribution in [3.8, 4) is 5.75 Å². The fourth-order valence-corrected chi connectivity index (χ4v) is 2.29. The molecule has 0 atom stereocenters. The minimum atomic E-state index is 0.412. The molecule has 0 saturated carbocycles. The molecule has 0 aliphatic rings. The molecule has 2 N–H and O–H groups in total. The zero-order chi connectivity index (χ0) is 12.1. The Morgan fingerprint density at radius 3 is 2.94 bits per heavy atom. The van der Waals surface area contributed by atoms with E-state index in [4.69, 9.17) is 10.5 Å². The average molecular weight is 248 g/mol. The molecule has 0 aliphatic carbocycles. The van der Waals surface area contributed by atoms with E-state index in [0.717, 1.165) is 23.6 Å².